The van der Waals surface area contributed by atoms with Crippen molar-refractivity contribution in [2.75, 3.05) is 19.3 Å². The van der Waals surface area contributed by atoms with Crippen LogP contribution in [0.2, 0.25) is 0 Å². The molecule has 0 saturated heterocycles. The zero-order valence-corrected chi connectivity index (χ0v) is 14.1. The van der Waals surface area contributed by atoms with E-state index < -0.39 is 0 Å². The van der Waals surface area contributed by atoms with Gasteiger partial charge in [0.25, 0.3) is 0 Å². The van der Waals surface area contributed by atoms with E-state index in [4.69, 9.17) is 0 Å². The van der Waals surface area contributed by atoms with E-state index in [0.29, 0.717) is 10.00 Å². The van der Waals surface area contributed by atoms with Crippen LogP contribution in [0, 0.1) is 5.92 Å². The second kappa shape index (κ2) is 7.68. The second-order valence-corrected chi connectivity index (χ2v) is 8.03. The van der Waals surface area contributed by atoms with Crippen LogP contribution in [-0.2, 0) is 0 Å². The molecule has 4 heteroatoms. The Balaban J connectivity index is 2.37. The quantitative estimate of drug-likeness (QED) is 0.766. The van der Waals surface area contributed by atoms with Crippen molar-refractivity contribution in [3.05, 3.63) is 0 Å². The number of amidine groups is 1. The van der Waals surface area contributed by atoms with Crippen molar-refractivity contribution in [1.82, 2.24) is 5.32 Å². The average Bonchev–Trinajstić information content (AvgIpc) is 2.78. The molecular formula is C14H28N2S2. The zero-order valence-electron chi connectivity index (χ0n) is 12.5. The summed E-state index contributed by atoms with van der Waals surface area (Å²) in [7, 11) is 0. The molecule has 1 aliphatic heterocycles. The van der Waals surface area contributed by atoms with Crippen LogP contribution < -0.4 is 5.32 Å². The molecule has 0 fully saturated rings. The summed E-state index contributed by atoms with van der Waals surface area (Å²) in [5, 5.41) is 5.43. The van der Waals surface area contributed by atoms with E-state index in [1.54, 1.807) is 0 Å². The Morgan fingerprint density at radius 3 is 2.61 bits per heavy atom. The van der Waals surface area contributed by atoms with Crippen LogP contribution in [0.5, 0.6) is 0 Å². The van der Waals surface area contributed by atoms with Gasteiger partial charge in [0.2, 0.25) is 0 Å². The lowest BCUT2D eigenvalue weighted by Gasteiger charge is -2.30. The Bertz CT molecular complexity index is 265. The number of aliphatic imine (C=N–C) groups is 1. The van der Waals surface area contributed by atoms with Gasteiger partial charge in [-0.1, -0.05) is 39.5 Å². The van der Waals surface area contributed by atoms with Gasteiger partial charge in [-0.25, -0.2) is 0 Å². The van der Waals surface area contributed by atoms with Gasteiger partial charge in [-0.2, -0.15) is 11.8 Å². The first-order valence-corrected chi connectivity index (χ1v) is 9.15. The van der Waals surface area contributed by atoms with Crippen LogP contribution in [0.3, 0.4) is 0 Å². The lowest BCUT2D eigenvalue weighted by Crippen LogP contribution is -2.38. The maximum atomic E-state index is 4.64. The van der Waals surface area contributed by atoms with Crippen molar-refractivity contribution in [3.8, 4) is 0 Å². The Morgan fingerprint density at radius 2 is 2.11 bits per heavy atom. The van der Waals surface area contributed by atoms with Gasteiger partial charge in [0.05, 0.1) is 6.54 Å². The molecule has 0 aliphatic carbocycles. The highest BCUT2D eigenvalue weighted by molar-refractivity contribution is 8.14. The molecule has 1 unspecified atom stereocenters. The Kier molecular flexibility index (Phi) is 6.93. The number of hydrogen-bond donors (Lipinski definition) is 1. The third kappa shape index (κ3) is 4.69. The molecule has 1 atom stereocenters. The molecule has 0 bridgehead atoms. The fourth-order valence-corrected chi connectivity index (χ4v) is 4.31. The first-order chi connectivity index (χ1) is 8.55. The van der Waals surface area contributed by atoms with Crippen molar-refractivity contribution < 1.29 is 0 Å². The summed E-state index contributed by atoms with van der Waals surface area (Å²) in [5.74, 6) is 0.772. The standard InChI is InChI=1S/C14H28N2S2/c1-6-14(7-2,17-5)10-16-13-15-9-12(18-13)8-11(3)4/h11-12H,6-10H2,1-5H3,(H,15,16). The Labute approximate surface area is 121 Å². The van der Waals surface area contributed by atoms with Gasteiger partial charge < -0.3 is 5.32 Å². The van der Waals surface area contributed by atoms with E-state index in [1.807, 2.05) is 23.5 Å². The van der Waals surface area contributed by atoms with E-state index in [9.17, 15) is 0 Å². The molecule has 0 aromatic carbocycles. The third-order valence-electron chi connectivity index (χ3n) is 3.73. The van der Waals surface area contributed by atoms with Crippen LogP contribution in [0.1, 0.15) is 47.0 Å². The first-order valence-electron chi connectivity index (χ1n) is 7.05. The van der Waals surface area contributed by atoms with Crippen molar-refractivity contribution in [2.24, 2.45) is 10.9 Å². The summed E-state index contributed by atoms with van der Waals surface area (Å²) in [4.78, 5) is 4.64. The van der Waals surface area contributed by atoms with E-state index >= 15 is 0 Å². The summed E-state index contributed by atoms with van der Waals surface area (Å²) in [6, 6.07) is 0. The highest BCUT2D eigenvalue weighted by Gasteiger charge is 2.27. The first kappa shape index (κ1) is 16.2. The summed E-state index contributed by atoms with van der Waals surface area (Å²) < 4.78 is 0.374. The third-order valence-corrected chi connectivity index (χ3v) is 6.49. The molecule has 0 aromatic heterocycles. The van der Waals surface area contributed by atoms with Gasteiger partial charge in [0.15, 0.2) is 5.17 Å². The minimum atomic E-state index is 0.374. The molecule has 1 N–H and O–H groups in total. The van der Waals surface area contributed by atoms with Crippen molar-refractivity contribution >= 4 is 28.7 Å². The van der Waals surface area contributed by atoms with Gasteiger partial charge in [0, 0.05) is 16.5 Å². The fourth-order valence-electron chi connectivity index (χ4n) is 2.26. The predicted molar refractivity (Wildman–Crippen MR) is 88.0 cm³/mol. The normalized spacial score (nSPS) is 20.3. The molecule has 1 aliphatic rings. The van der Waals surface area contributed by atoms with Crippen molar-refractivity contribution in [2.45, 2.75) is 57.0 Å². The average molecular weight is 289 g/mol. The molecule has 0 radical (unpaired) electrons. The highest BCUT2D eigenvalue weighted by Crippen LogP contribution is 2.31. The molecule has 0 spiro atoms. The van der Waals surface area contributed by atoms with Crippen LogP contribution >= 0.6 is 23.5 Å². The minimum absolute atomic E-state index is 0.374. The van der Waals surface area contributed by atoms with E-state index in [0.717, 1.165) is 19.0 Å². The number of nitrogens with one attached hydrogen (secondary N) is 1. The molecule has 18 heavy (non-hydrogen) atoms. The predicted octanol–water partition coefficient (Wildman–Crippen LogP) is 4.02. The summed E-state index contributed by atoms with van der Waals surface area (Å²) in [5.41, 5.74) is 0. The molecule has 0 aromatic rings. The Hall–Kier alpha value is 0.170. The SMILES string of the molecule is CCC(CC)(CNC1=NCC(CC(C)C)S1)SC. The number of thioether (sulfide) groups is 2. The summed E-state index contributed by atoms with van der Waals surface area (Å²) in [6.07, 6.45) is 5.92. The smallest absolute Gasteiger partial charge is 0.156 e. The molecule has 0 saturated carbocycles. The number of hydrogen-bond acceptors (Lipinski definition) is 4. The van der Waals surface area contributed by atoms with Crippen molar-refractivity contribution in [1.29, 1.82) is 0 Å². The molecule has 2 nitrogen and oxygen atoms in total. The maximum absolute atomic E-state index is 4.64. The van der Waals surface area contributed by atoms with E-state index in [1.165, 1.54) is 24.4 Å². The lowest BCUT2D eigenvalue weighted by atomic mass is 10.0. The van der Waals surface area contributed by atoms with Crippen LogP contribution in [0.25, 0.3) is 0 Å². The molecule has 0 amide bonds. The molecule has 1 heterocycles. The summed E-state index contributed by atoms with van der Waals surface area (Å²) in [6.45, 7) is 11.2. The van der Waals surface area contributed by atoms with Gasteiger partial charge in [-0.3, -0.25) is 4.99 Å². The second-order valence-electron chi connectivity index (χ2n) is 5.46. The maximum Gasteiger partial charge on any atom is 0.156 e. The zero-order chi connectivity index (χ0) is 13.6. The van der Waals surface area contributed by atoms with Crippen molar-refractivity contribution in [3.63, 3.8) is 0 Å². The lowest BCUT2D eigenvalue weighted by molar-refractivity contribution is 0.538. The Morgan fingerprint density at radius 1 is 1.44 bits per heavy atom. The van der Waals surface area contributed by atoms with Gasteiger partial charge in [-0.05, 0) is 31.4 Å². The summed E-state index contributed by atoms with van der Waals surface area (Å²) >= 11 is 3.93. The molecular weight excluding hydrogens is 260 g/mol. The van der Waals surface area contributed by atoms with Gasteiger partial charge >= 0.3 is 0 Å². The highest BCUT2D eigenvalue weighted by atomic mass is 32.2. The number of rotatable bonds is 7. The minimum Gasteiger partial charge on any atom is -0.364 e. The van der Waals surface area contributed by atoms with Crippen LogP contribution in [0.15, 0.2) is 4.99 Å². The topological polar surface area (TPSA) is 24.4 Å². The van der Waals surface area contributed by atoms with Gasteiger partial charge in [-0.15, -0.1) is 0 Å². The van der Waals surface area contributed by atoms with Gasteiger partial charge in [0.1, 0.15) is 0 Å². The largest absolute Gasteiger partial charge is 0.364 e. The monoisotopic (exact) mass is 288 g/mol. The fraction of sp³-hybridized carbons (Fsp3) is 0.929. The van der Waals surface area contributed by atoms with E-state index in [-0.39, 0.29) is 0 Å². The number of nitrogens with zero attached hydrogens (tertiary/aromatic N) is 1. The molecule has 106 valence electrons. The van der Waals surface area contributed by atoms with Crippen LogP contribution in [0.4, 0.5) is 0 Å². The van der Waals surface area contributed by atoms with E-state index in [2.05, 4.69) is 44.3 Å². The molecule has 1 rings (SSSR count). The van der Waals surface area contributed by atoms with Crippen LogP contribution in [-0.4, -0.2) is 34.5 Å².